The number of hydrogen-bond donors (Lipinski definition) is 2. The average molecular weight is 343 g/mol. The van der Waals surface area contributed by atoms with Crippen molar-refractivity contribution in [1.29, 1.82) is 0 Å². The summed E-state index contributed by atoms with van der Waals surface area (Å²) in [6, 6.07) is 3.60. The Labute approximate surface area is 127 Å². The minimum absolute atomic E-state index is 0.0745. The van der Waals surface area contributed by atoms with Crippen molar-refractivity contribution in [3.63, 3.8) is 0 Å². The molecule has 0 bridgehead atoms. The van der Waals surface area contributed by atoms with E-state index >= 15 is 0 Å². The first-order chi connectivity index (χ1) is 9.60. The van der Waals surface area contributed by atoms with Crippen molar-refractivity contribution >= 4 is 27.6 Å². The molecule has 6 heteroatoms. The minimum Gasteiger partial charge on any atom is -0.495 e. The third-order valence-electron chi connectivity index (χ3n) is 3.22. The van der Waals surface area contributed by atoms with Crippen LogP contribution in [0.1, 0.15) is 18.4 Å². The molecule has 1 saturated heterocycles. The number of carbonyl (C=O) groups is 1. The number of halogens is 1. The van der Waals surface area contributed by atoms with Crippen LogP contribution in [0.2, 0.25) is 0 Å². The lowest BCUT2D eigenvalue weighted by molar-refractivity contribution is 0.0739. The second-order valence-corrected chi connectivity index (χ2v) is 5.73. The molecule has 1 aliphatic rings. The van der Waals surface area contributed by atoms with Crippen LogP contribution in [0.4, 0.5) is 10.5 Å². The van der Waals surface area contributed by atoms with E-state index in [0.29, 0.717) is 18.0 Å². The fraction of sp³-hybridized carbons (Fsp3) is 0.500. The van der Waals surface area contributed by atoms with Crippen molar-refractivity contribution in [3.8, 4) is 5.75 Å². The number of amides is 2. The molecule has 5 nitrogen and oxygen atoms in total. The largest absolute Gasteiger partial charge is 0.495 e. The van der Waals surface area contributed by atoms with Gasteiger partial charge in [-0.2, -0.15) is 0 Å². The summed E-state index contributed by atoms with van der Waals surface area (Å²) in [5, 5.41) is 5.77. The first-order valence-electron chi connectivity index (χ1n) is 6.59. The molecule has 0 spiro atoms. The Balaban J connectivity index is 2.03. The summed E-state index contributed by atoms with van der Waals surface area (Å²) in [5.74, 6) is 0.631. The van der Waals surface area contributed by atoms with Gasteiger partial charge in [-0.1, -0.05) is 15.9 Å². The van der Waals surface area contributed by atoms with Gasteiger partial charge in [0.05, 0.1) is 25.4 Å². The molecule has 0 aliphatic carbocycles. The van der Waals surface area contributed by atoms with Gasteiger partial charge >= 0.3 is 6.03 Å². The van der Waals surface area contributed by atoms with Crippen molar-refractivity contribution in [2.45, 2.75) is 25.8 Å². The molecule has 20 heavy (non-hydrogen) atoms. The van der Waals surface area contributed by atoms with Crippen molar-refractivity contribution in [2.24, 2.45) is 0 Å². The number of ether oxygens (including phenoxy) is 2. The van der Waals surface area contributed by atoms with Gasteiger partial charge in [-0.15, -0.1) is 0 Å². The lowest BCUT2D eigenvalue weighted by Crippen LogP contribution is -2.42. The maximum absolute atomic E-state index is 12.0. The zero-order valence-corrected chi connectivity index (χ0v) is 13.2. The van der Waals surface area contributed by atoms with E-state index < -0.39 is 0 Å². The topological polar surface area (TPSA) is 59.6 Å². The summed E-state index contributed by atoms with van der Waals surface area (Å²) < 4.78 is 11.6. The highest BCUT2D eigenvalue weighted by Gasteiger charge is 2.17. The van der Waals surface area contributed by atoms with E-state index in [9.17, 15) is 4.79 Å². The van der Waals surface area contributed by atoms with Crippen LogP contribution in [0.15, 0.2) is 16.6 Å². The van der Waals surface area contributed by atoms with Crippen molar-refractivity contribution in [1.82, 2.24) is 5.32 Å². The molecule has 2 amide bonds. The molecular weight excluding hydrogens is 324 g/mol. The number of rotatable bonds is 3. The summed E-state index contributed by atoms with van der Waals surface area (Å²) in [6.45, 7) is 3.27. The first-order valence-corrected chi connectivity index (χ1v) is 7.39. The van der Waals surface area contributed by atoms with Crippen molar-refractivity contribution < 1.29 is 14.3 Å². The number of nitrogens with one attached hydrogen (secondary N) is 2. The van der Waals surface area contributed by atoms with Gasteiger partial charge in [-0.3, -0.25) is 0 Å². The van der Waals surface area contributed by atoms with E-state index in [2.05, 4.69) is 26.6 Å². The molecule has 1 atom stereocenters. The zero-order chi connectivity index (χ0) is 14.5. The standard InChI is InChI=1S/C14H19BrN2O3/c1-9-6-10(15)7-12(19-2)13(9)17-14(18)16-11-4-3-5-20-8-11/h6-7,11H,3-5,8H2,1-2H3,(H2,16,17,18). The molecular formula is C14H19BrN2O3. The van der Waals surface area contributed by atoms with Gasteiger partial charge in [-0.25, -0.2) is 4.79 Å². The highest BCUT2D eigenvalue weighted by atomic mass is 79.9. The quantitative estimate of drug-likeness (QED) is 0.887. The maximum Gasteiger partial charge on any atom is 0.319 e. The van der Waals surface area contributed by atoms with Crippen LogP contribution in [0.3, 0.4) is 0 Å². The number of aryl methyl sites for hydroxylation is 1. The minimum atomic E-state index is -0.232. The molecule has 1 aromatic carbocycles. The predicted octanol–water partition coefficient (Wildman–Crippen LogP) is 3.07. The van der Waals surface area contributed by atoms with E-state index in [-0.39, 0.29) is 12.1 Å². The highest BCUT2D eigenvalue weighted by molar-refractivity contribution is 9.10. The highest BCUT2D eigenvalue weighted by Crippen LogP contribution is 2.32. The smallest absolute Gasteiger partial charge is 0.319 e. The molecule has 0 radical (unpaired) electrons. The number of methoxy groups -OCH3 is 1. The van der Waals surface area contributed by atoms with Crippen LogP contribution in [-0.4, -0.2) is 32.4 Å². The van der Waals surface area contributed by atoms with E-state index in [4.69, 9.17) is 9.47 Å². The van der Waals surface area contributed by atoms with Crippen molar-refractivity contribution in [3.05, 3.63) is 22.2 Å². The molecule has 1 heterocycles. The lowest BCUT2D eigenvalue weighted by Gasteiger charge is -2.23. The first kappa shape index (κ1) is 15.1. The van der Waals surface area contributed by atoms with Gasteiger partial charge in [-0.05, 0) is 37.5 Å². The van der Waals surface area contributed by atoms with Gasteiger partial charge in [0.15, 0.2) is 0 Å². The normalized spacial score (nSPS) is 18.4. The number of urea groups is 1. The summed E-state index contributed by atoms with van der Waals surface area (Å²) in [6.07, 6.45) is 1.93. The third kappa shape index (κ3) is 3.86. The number of anilines is 1. The van der Waals surface area contributed by atoms with E-state index in [1.807, 2.05) is 19.1 Å². The summed E-state index contributed by atoms with van der Waals surface area (Å²) in [4.78, 5) is 12.0. The van der Waals surface area contributed by atoms with Crippen LogP contribution < -0.4 is 15.4 Å². The molecule has 110 valence electrons. The fourth-order valence-electron chi connectivity index (χ4n) is 2.22. The Hall–Kier alpha value is -1.27. The predicted molar refractivity (Wildman–Crippen MR) is 81.4 cm³/mol. The molecule has 2 N–H and O–H groups in total. The molecule has 1 aromatic rings. The van der Waals surface area contributed by atoms with Gasteiger partial charge in [0.1, 0.15) is 5.75 Å². The van der Waals surface area contributed by atoms with Gasteiger partial charge in [0.2, 0.25) is 0 Å². The monoisotopic (exact) mass is 342 g/mol. The summed E-state index contributed by atoms with van der Waals surface area (Å²) >= 11 is 3.41. The van der Waals surface area contributed by atoms with Crippen molar-refractivity contribution in [2.75, 3.05) is 25.6 Å². The molecule has 1 unspecified atom stereocenters. The SMILES string of the molecule is COc1cc(Br)cc(C)c1NC(=O)NC1CCCOC1. The Kier molecular flexibility index (Phi) is 5.25. The number of carbonyl (C=O) groups excluding carboxylic acids is 1. The Bertz CT molecular complexity index is 488. The Morgan fingerprint density at radius 3 is 2.95 bits per heavy atom. The average Bonchev–Trinajstić information content (AvgIpc) is 2.42. The van der Waals surface area contributed by atoms with Crippen LogP contribution in [-0.2, 0) is 4.74 Å². The molecule has 1 fully saturated rings. The van der Waals surface area contributed by atoms with E-state index in [1.54, 1.807) is 7.11 Å². The van der Waals surface area contributed by atoms with Crippen LogP contribution >= 0.6 is 15.9 Å². The maximum atomic E-state index is 12.0. The fourth-order valence-corrected chi connectivity index (χ4v) is 2.77. The van der Waals surface area contributed by atoms with Crippen LogP contribution in [0, 0.1) is 6.92 Å². The Morgan fingerprint density at radius 2 is 2.30 bits per heavy atom. The lowest BCUT2D eigenvalue weighted by atomic mass is 10.1. The molecule has 2 rings (SSSR count). The number of benzene rings is 1. The Morgan fingerprint density at radius 1 is 1.50 bits per heavy atom. The van der Waals surface area contributed by atoms with Crippen LogP contribution in [0.25, 0.3) is 0 Å². The molecule has 1 aliphatic heterocycles. The van der Waals surface area contributed by atoms with Gasteiger partial charge in [0, 0.05) is 11.1 Å². The second kappa shape index (κ2) is 6.95. The molecule has 0 saturated carbocycles. The number of hydrogen-bond acceptors (Lipinski definition) is 3. The summed E-state index contributed by atoms with van der Waals surface area (Å²) in [7, 11) is 1.58. The van der Waals surface area contributed by atoms with E-state index in [0.717, 1.165) is 29.5 Å². The third-order valence-corrected chi connectivity index (χ3v) is 3.68. The van der Waals surface area contributed by atoms with Gasteiger partial charge < -0.3 is 20.1 Å². The second-order valence-electron chi connectivity index (χ2n) is 4.81. The van der Waals surface area contributed by atoms with Crippen LogP contribution in [0.5, 0.6) is 5.75 Å². The van der Waals surface area contributed by atoms with Gasteiger partial charge in [0.25, 0.3) is 0 Å². The van der Waals surface area contributed by atoms with E-state index in [1.165, 1.54) is 0 Å². The summed E-state index contributed by atoms with van der Waals surface area (Å²) in [5.41, 5.74) is 1.62. The molecule has 0 aromatic heterocycles. The zero-order valence-electron chi connectivity index (χ0n) is 11.7.